The Labute approximate surface area is 110 Å². The third kappa shape index (κ3) is 2.78. The van der Waals surface area contributed by atoms with E-state index in [9.17, 15) is 9.59 Å². The molecule has 2 rings (SSSR count). The summed E-state index contributed by atoms with van der Waals surface area (Å²) in [5.41, 5.74) is 0.763. The molecule has 0 aromatic heterocycles. The van der Waals surface area contributed by atoms with Gasteiger partial charge < -0.3 is 19.5 Å². The van der Waals surface area contributed by atoms with Crippen molar-refractivity contribution in [3.05, 3.63) is 23.8 Å². The number of rotatable bonds is 4. The number of ether oxygens (including phenoxy) is 2. The molecule has 0 spiro atoms. The van der Waals surface area contributed by atoms with Gasteiger partial charge in [-0.05, 0) is 24.6 Å². The summed E-state index contributed by atoms with van der Waals surface area (Å²) in [6.45, 7) is 1.66. The van der Waals surface area contributed by atoms with Crippen molar-refractivity contribution in [2.24, 2.45) is 0 Å². The summed E-state index contributed by atoms with van der Waals surface area (Å²) >= 11 is 0. The lowest BCUT2D eigenvalue weighted by atomic mass is 10.1. The average Bonchev–Trinajstić information content (AvgIpc) is 2.84. The molecule has 0 saturated heterocycles. The van der Waals surface area contributed by atoms with Crippen molar-refractivity contribution in [2.45, 2.75) is 19.4 Å². The van der Waals surface area contributed by atoms with Crippen molar-refractivity contribution >= 4 is 11.9 Å². The molecule has 0 unspecified atom stereocenters. The minimum Gasteiger partial charge on any atom is -0.480 e. The molecule has 1 N–H and O–H groups in total. The predicted octanol–water partition coefficient (Wildman–Crippen LogP) is 0.889. The number of hydrogen-bond donors (Lipinski definition) is 1. The number of aliphatic carboxylic acids is 1. The maximum absolute atomic E-state index is 11.9. The van der Waals surface area contributed by atoms with Crippen LogP contribution in [0.5, 0.6) is 11.5 Å². The standard InChI is InChI=1S/C13H15NO5/c1-8(13(16)17)14(2)12(15)6-9-3-4-10-11(5-9)19-7-18-10/h3-5,8H,6-7H2,1-2H3,(H,16,17)/t8-/m1/s1. The second-order valence-corrected chi connectivity index (χ2v) is 4.38. The van der Waals surface area contributed by atoms with Crippen LogP contribution in [0.2, 0.25) is 0 Å². The van der Waals surface area contributed by atoms with Crippen LogP contribution in [-0.2, 0) is 16.0 Å². The van der Waals surface area contributed by atoms with Crippen molar-refractivity contribution < 1.29 is 24.2 Å². The van der Waals surface area contributed by atoms with E-state index in [1.165, 1.54) is 18.9 Å². The first-order valence-corrected chi connectivity index (χ1v) is 5.86. The second-order valence-electron chi connectivity index (χ2n) is 4.38. The van der Waals surface area contributed by atoms with Crippen LogP contribution in [0.3, 0.4) is 0 Å². The molecule has 0 saturated carbocycles. The molecule has 1 aliphatic rings. The van der Waals surface area contributed by atoms with E-state index in [1.54, 1.807) is 18.2 Å². The van der Waals surface area contributed by atoms with Gasteiger partial charge in [0.05, 0.1) is 6.42 Å². The number of carbonyl (C=O) groups excluding carboxylic acids is 1. The molecule has 0 fully saturated rings. The van der Waals surface area contributed by atoms with E-state index in [1.807, 2.05) is 0 Å². The number of carboxylic acids is 1. The topological polar surface area (TPSA) is 76.1 Å². The van der Waals surface area contributed by atoms with Crippen molar-refractivity contribution in [3.63, 3.8) is 0 Å². The highest BCUT2D eigenvalue weighted by Crippen LogP contribution is 2.32. The molecule has 0 aliphatic carbocycles. The number of benzene rings is 1. The molecule has 6 nitrogen and oxygen atoms in total. The fourth-order valence-corrected chi connectivity index (χ4v) is 1.73. The molecule has 1 aliphatic heterocycles. The molecule has 0 radical (unpaired) electrons. The van der Waals surface area contributed by atoms with Crippen molar-refractivity contribution in [1.82, 2.24) is 4.90 Å². The first-order chi connectivity index (χ1) is 8.99. The van der Waals surface area contributed by atoms with Crippen LogP contribution < -0.4 is 9.47 Å². The lowest BCUT2D eigenvalue weighted by Crippen LogP contribution is -2.41. The third-order valence-electron chi connectivity index (χ3n) is 3.12. The maximum atomic E-state index is 11.9. The normalized spacial score (nSPS) is 14.0. The van der Waals surface area contributed by atoms with E-state index in [4.69, 9.17) is 14.6 Å². The maximum Gasteiger partial charge on any atom is 0.326 e. The number of hydrogen-bond acceptors (Lipinski definition) is 4. The van der Waals surface area contributed by atoms with Crippen LogP contribution in [0.4, 0.5) is 0 Å². The van der Waals surface area contributed by atoms with Gasteiger partial charge in [0.15, 0.2) is 11.5 Å². The molecule has 102 valence electrons. The largest absolute Gasteiger partial charge is 0.480 e. The van der Waals surface area contributed by atoms with Gasteiger partial charge in [-0.15, -0.1) is 0 Å². The fourth-order valence-electron chi connectivity index (χ4n) is 1.73. The molecule has 6 heteroatoms. The molecule has 0 bridgehead atoms. The lowest BCUT2D eigenvalue weighted by Gasteiger charge is -2.21. The lowest BCUT2D eigenvalue weighted by molar-refractivity contribution is -0.148. The Kier molecular flexibility index (Phi) is 3.59. The van der Waals surface area contributed by atoms with Crippen LogP contribution in [0.25, 0.3) is 0 Å². The molecular weight excluding hydrogens is 250 g/mol. The Hall–Kier alpha value is -2.24. The molecule has 1 atom stereocenters. The Balaban J connectivity index is 2.05. The number of likely N-dealkylation sites (N-methyl/N-ethyl adjacent to an activating group) is 1. The fraction of sp³-hybridized carbons (Fsp3) is 0.385. The van der Waals surface area contributed by atoms with Crippen LogP contribution in [0.1, 0.15) is 12.5 Å². The van der Waals surface area contributed by atoms with Gasteiger partial charge >= 0.3 is 5.97 Å². The van der Waals surface area contributed by atoms with Crippen molar-refractivity contribution in [3.8, 4) is 11.5 Å². The van der Waals surface area contributed by atoms with Crippen LogP contribution in [0.15, 0.2) is 18.2 Å². The Morgan fingerprint density at radius 2 is 2.05 bits per heavy atom. The van der Waals surface area contributed by atoms with Crippen LogP contribution in [-0.4, -0.2) is 41.8 Å². The minimum absolute atomic E-state index is 0.130. The van der Waals surface area contributed by atoms with Gasteiger partial charge in [0.2, 0.25) is 12.7 Å². The van der Waals surface area contributed by atoms with E-state index in [-0.39, 0.29) is 19.1 Å². The summed E-state index contributed by atoms with van der Waals surface area (Å²) in [6, 6.07) is 4.40. The zero-order valence-corrected chi connectivity index (χ0v) is 10.8. The van der Waals surface area contributed by atoms with Crippen LogP contribution in [0, 0.1) is 0 Å². The highest BCUT2D eigenvalue weighted by molar-refractivity contribution is 5.84. The van der Waals surface area contributed by atoms with E-state index in [0.717, 1.165) is 5.56 Å². The number of amides is 1. The smallest absolute Gasteiger partial charge is 0.326 e. The molecular formula is C13H15NO5. The van der Waals surface area contributed by atoms with Crippen molar-refractivity contribution in [2.75, 3.05) is 13.8 Å². The average molecular weight is 265 g/mol. The van der Waals surface area contributed by atoms with E-state index in [0.29, 0.717) is 11.5 Å². The zero-order chi connectivity index (χ0) is 14.0. The van der Waals surface area contributed by atoms with Gasteiger partial charge in [-0.2, -0.15) is 0 Å². The van der Waals surface area contributed by atoms with Gasteiger partial charge in [-0.1, -0.05) is 6.07 Å². The number of carbonyl (C=O) groups is 2. The number of carboxylic acid groups (broad SMARTS) is 1. The van der Waals surface area contributed by atoms with E-state index >= 15 is 0 Å². The molecule has 1 heterocycles. The first-order valence-electron chi connectivity index (χ1n) is 5.86. The van der Waals surface area contributed by atoms with Crippen LogP contribution >= 0.6 is 0 Å². The SMILES string of the molecule is C[C@H](C(=O)O)N(C)C(=O)Cc1ccc2c(c1)OCO2. The van der Waals surface area contributed by atoms with E-state index in [2.05, 4.69) is 0 Å². The summed E-state index contributed by atoms with van der Waals surface area (Å²) in [6.07, 6.45) is 0.130. The van der Waals surface area contributed by atoms with Gasteiger partial charge in [0.1, 0.15) is 6.04 Å². The second kappa shape index (κ2) is 5.17. The predicted molar refractivity (Wildman–Crippen MR) is 66.1 cm³/mol. The summed E-state index contributed by atoms with van der Waals surface area (Å²) in [4.78, 5) is 24.0. The molecule has 1 aromatic carbocycles. The zero-order valence-electron chi connectivity index (χ0n) is 10.8. The first kappa shape index (κ1) is 13.2. The van der Waals surface area contributed by atoms with Gasteiger partial charge in [-0.3, -0.25) is 4.79 Å². The Morgan fingerprint density at radius 3 is 2.74 bits per heavy atom. The van der Waals surface area contributed by atoms with E-state index < -0.39 is 12.0 Å². The van der Waals surface area contributed by atoms with Gasteiger partial charge in [-0.25, -0.2) is 4.79 Å². The van der Waals surface area contributed by atoms with Crippen molar-refractivity contribution in [1.29, 1.82) is 0 Å². The summed E-state index contributed by atoms with van der Waals surface area (Å²) in [5.74, 6) is -0.0157. The summed E-state index contributed by atoms with van der Waals surface area (Å²) in [5, 5.41) is 8.86. The highest BCUT2D eigenvalue weighted by Gasteiger charge is 2.22. The monoisotopic (exact) mass is 265 g/mol. The molecule has 1 amide bonds. The Morgan fingerprint density at radius 1 is 1.37 bits per heavy atom. The van der Waals surface area contributed by atoms with Gasteiger partial charge in [0.25, 0.3) is 0 Å². The molecule has 19 heavy (non-hydrogen) atoms. The minimum atomic E-state index is -1.03. The van der Waals surface area contributed by atoms with Gasteiger partial charge in [0, 0.05) is 7.05 Å². The molecule has 1 aromatic rings. The number of fused-ring (bicyclic) bond motifs is 1. The highest BCUT2D eigenvalue weighted by atomic mass is 16.7. The quantitative estimate of drug-likeness (QED) is 0.875. The summed E-state index contributed by atoms with van der Waals surface area (Å²) < 4.78 is 10.4. The Bertz CT molecular complexity index is 514. The number of nitrogens with zero attached hydrogens (tertiary/aromatic N) is 1. The summed E-state index contributed by atoms with van der Waals surface area (Å²) in [7, 11) is 1.48. The third-order valence-corrected chi connectivity index (χ3v) is 3.12.